The van der Waals surface area contributed by atoms with E-state index >= 15 is 0 Å². The monoisotopic (exact) mass is 330 g/mol. The lowest BCUT2D eigenvalue weighted by Gasteiger charge is -2.31. The zero-order valence-corrected chi connectivity index (χ0v) is 13.5. The highest BCUT2D eigenvalue weighted by atomic mass is 16.5. The average molecular weight is 330 g/mol. The Hall–Kier alpha value is -2.25. The van der Waals surface area contributed by atoms with Crippen LogP contribution in [-0.2, 0) is 11.3 Å². The van der Waals surface area contributed by atoms with E-state index in [0.717, 1.165) is 18.4 Å². The summed E-state index contributed by atoms with van der Waals surface area (Å²) in [5.74, 6) is -0.143. The second kappa shape index (κ2) is 7.55. The van der Waals surface area contributed by atoms with Crippen LogP contribution in [0.4, 0.5) is 0 Å². The lowest BCUT2D eigenvalue weighted by molar-refractivity contribution is -0.0887. The number of amides is 1. The maximum Gasteiger partial charge on any atom is 0.251 e. The number of benzene rings is 1. The molecule has 0 spiro atoms. The Balaban J connectivity index is 1.53. The van der Waals surface area contributed by atoms with E-state index in [1.54, 1.807) is 17.1 Å². The van der Waals surface area contributed by atoms with Crippen molar-refractivity contribution in [2.24, 2.45) is 0 Å². The standard InChI is InChI=1S/C17H22N4O3/c22-16(19-7-6-17(23)5-2-8-24-11-17)15-4-1-3-14(9-15)10-21-13-18-12-20-21/h1,3-4,9,12-13,23H,2,5-8,10-11H2,(H,19,22). The van der Waals surface area contributed by atoms with Gasteiger partial charge in [0.25, 0.3) is 5.91 Å². The van der Waals surface area contributed by atoms with Crippen molar-refractivity contribution in [3.8, 4) is 0 Å². The molecule has 7 nitrogen and oxygen atoms in total. The molecule has 1 aromatic carbocycles. The summed E-state index contributed by atoms with van der Waals surface area (Å²) >= 11 is 0. The van der Waals surface area contributed by atoms with Crippen LogP contribution in [0.2, 0.25) is 0 Å². The van der Waals surface area contributed by atoms with Crippen molar-refractivity contribution in [1.82, 2.24) is 20.1 Å². The molecule has 1 fully saturated rings. The molecule has 2 N–H and O–H groups in total. The fourth-order valence-corrected chi connectivity index (χ4v) is 2.86. The number of rotatable bonds is 6. The van der Waals surface area contributed by atoms with Crippen LogP contribution in [0.5, 0.6) is 0 Å². The second-order valence-corrected chi connectivity index (χ2v) is 6.18. The van der Waals surface area contributed by atoms with Crippen molar-refractivity contribution in [3.05, 3.63) is 48.0 Å². The molecule has 1 amide bonds. The molecule has 1 atom stereocenters. The molecule has 2 heterocycles. The van der Waals surface area contributed by atoms with Crippen LogP contribution in [0, 0.1) is 0 Å². The van der Waals surface area contributed by atoms with E-state index in [-0.39, 0.29) is 5.91 Å². The minimum atomic E-state index is -0.819. The van der Waals surface area contributed by atoms with Gasteiger partial charge in [0.2, 0.25) is 0 Å². The van der Waals surface area contributed by atoms with Crippen LogP contribution in [0.15, 0.2) is 36.9 Å². The Morgan fingerprint density at radius 3 is 3.12 bits per heavy atom. The number of carbonyl (C=O) groups excluding carboxylic acids is 1. The Kier molecular flexibility index (Phi) is 5.22. The van der Waals surface area contributed by atoms with Crippen LogP contribution < -0.4 is 5.32 Å². The smallest absolute Gasteiger partial charge is 0.251 e. The molecular weight excluding hydrogens is 308 g/mol. The number of aliphatic hydroxyl groups is 1. The number of carbonyl (C=O) groups is 1. The summed E-state index contributed by atoms with van der Waals surface area (Å²) in [5.41, 5.74) is 0.757. The van der Waals surface area contributed by atoms with Crippen molar-refractivity contribution >= 4 is 5.91 Å². The van der Waals surface area contributed by atoms with Gasteiger partial charge in [0.1, 0.15) is 12.7 Å². The lowest BCUT2D eigenvalue weighted by atomic mass is 9.93. The summed E-state index contributed by atoms with van der Waals surface area (Å²) < 4.78 is 7.02. The summed E-state index contributed by atoms with van der Waals surface area (Å²) in [6.45, 7) is 2.04. The van der Waals surface area contributed by atoms with E-state index in [2.05, 4.69) is 15.4 Å². The van der Waals surface area contributed by atoms with Crippen molar-refractivity contribution < 1.29 is 14.6 Å². The van der Waals surface area contributed by atoms with Gasteiger partial charge in [-0.05, 0) is 37.0 Å². The summed E-state index contributed by atoms with van der Waals surface area (Å²) in [6, 6.07) is 7.41. The highest BCUT2D eigenvalue weighted by Gasteiger charge is 2.29. The third-order valence-electron chi connectivity index (χ3n) is 4.18. The number of nitrogens with zero attached hydrogens (tertiary/aromatic N) is 3. The number of ether oxygens (including phenoxy) is 1. The molecule has 0 bridgehead atoms. The molecule has 3 rings (SSSR count). The van der Waals surface area contributed by atoms with E-state index < -0.39 is 5.60 Å². The topological polar surface area (TPSA) is 89.3 Å². The maximum atomic E-state index is 12.3. The Labute approximate surface area is 140 Å². The summed E-state index contributed by atoms with van der Waals surface area (Å²) in [6.07, 6.45) is 5.19. The number of aromatic nitrogens is 3. The molecule has 2 aromatic rings. The van der Waals surface area contributed by atoms with Gasteiger partial charge in [0.05, 0.1) is 18.8 Å². The summed E-state index contributed by atoms with van der Waals surface area (Å²) in [4.78, 5) is 16.2. The lowest BCUT2D eigenvalue weighted by Crippen LogP contribution is -2.41. The predicted molar refractivity (Wildman–Crippen MR) is 87.5 cm³/mol. The fourth-order valence-electron chi connectivity index (χ4n) is 2.86. The highest BCUT2D eigenvalue weighted by molar-refractivity contribution is 5.94. The quantitative estimate of drug-likeness (QED) is 0.824. The van der Waals surface area contributed by atoms with E-state index in [0.29, 0.717) is 38.3 Å². The van der Waals surface area contributed by atoms with Crippen LogP contribution in [0.1, 0.15) is 35.2 Å². The minimum Gasteiger partial charge on any atom is -0.387 e. The van der Waals surface area contributed by atoms with Crippen molar-refractivity contribution in [1.29, 1.82) is 0 Å². The zero-order valence-electron chi connectivity index (χ0n) is 13.5. The molecule has 0 radical (unpaired) electrons. The largest absolute Gasteiger partial charge is 0.387 e. The van der Waals surface area contributed by atoms with E-state index in [4.69, 9.17) is 4.74 Å². The first-order valence-corrected chi connectivity index (χ1v) is 8.14. The summed E-state index contributed by atoms with van der Waals surface area (Å²) in [7, 11) is 0. The SMILES string of the molecule is O=C(NCCC1(O)CCCOC1)c1cccc(Cn2cncn2)c1. The van der Waals surface area contributed by atoms with E-state index in [9.17, 15) is 9.90 Å². The third-order valence-corrected chi connectivity index (χ3v) is 4.18. The van der Waals surface area contributed by atoms with Gasteiger partial charge in [-0.3, -0.25) is 4.79 Å². The fraction of sp³-hybridized carbons (Fsp3) is 0.471. The number of hydrogen-bond donors (Lipinski definition) is 2. The maximum absolute atomic E-state index is 12.3. The molecular formula is C17H22N4O3. The van der Waals surface area contributed by atoms with Crippen LogP contribution in [-0.4, -0.2) is 51.1 Å². The molecule has 128 valence electrons. The molecule has 1 unspecified atom stereocenters. The van der Waals surface area contributed by atoms with E-state index in [1.807, 2.05) is 18.2 Å². The van der Waals surface area contributed by atoms with Crippen molar-refractivity contribution in [2.75, 3.05) is 19.8 Å². The first kappa shape index (κ1) is 16.6. The van der Waals surface area contributed by atoms with Gasteiger partial charge in [-0.1, -0.05) is 12.1 Å². The molecule has 24 heavy (non-hydrogen) atoms. The first-order valence-electron chi connectivity index (χ1n) is 8.14. The molecule has 1 aliphatic rings. The first-order chi connectivity index (χ1) is 11.6. The van der Waals surface area contributed by atoms with Gasteiger partial charge >= 0.3 is 0 Å². The summed E-state index contributed by atoms with van der Waals surface area (Å²) in [5, 5.41) is 17.3. The molecule has 1 aromatic heterocycles. The Morgan fingerprint density at radius 2 is 2.38 bits per heavy atom. The molecule has 7 heteroatoms. The van der Waals surface area contributed by atoms with Crippen LogP contribution in [0.3, 0.4) is 0 Å². The number of nitrogens with one attached hydrogen (secondary N) is 1. The van der Waals surface area contributed by atoms with Crippen LogP contribution in [0.25, 0.3) is 0 Å². The van der Waals surface area contributed by atoms with Gasteiger partial charge < -0.3 is 15.2 Å². The number of hydrogen-bond acceptors (Lipinski definition) is 5. The Morgan fingerprint density at radius 1 is 1.46 bits per heavy atom. The van der Waals surface area contributed by atoms with Gasteiger partial charge in [-0.25, -0.2) is 9.67 Å². The second-order valence-electron chi connectivity index (χ2n) is 6.18. The van der Waals surface area contributed by atoms with Crippen LogP contribution >= 0.6 is 0 Å². The zero-order chi connectivity index (χ0) is 16.8. The van der Waals surface area contributed by atoms with Gasteiger partial charge in [-0.2, -0.15) is 5.10 Å². The highest BCUT2D eigenvalue weighted by Crippen LogP contribution is 2.21. The van der Waals surface area contributed by atoms with Crippen molar-refractivity contribution in [3.63, 3.8) is 0 Å². The molecule has 1 saturated heterocycles. The van der Waals surface area contributed by atoms with Gasteiger partial charge in [-0.15, -0.1) is 0 Å². The average Bonchev–Trinajstić information content (AvgIpc) is 3.08. The molecule has 0 saturated carbocycles. The van der Waals surface area contributed by atoms with Gasteiger partial charge in [0.15, 0.2) is 0 Å². The van der Waals surface area contributed by atoms with Crippen molar-refractivity contribution in [2.45, 2.75) is 31.4 Å². The Bertz CT molecular complexity index is 666. The minimum absolute atomic E-state index is 0.143. The predicted octanol–water partition coefficient (Wildman–Crippen LogP) is 0.988. The normalized spacial score (nSPS) is 20.7. The van der Waals surface area contributed by atoms with Gasteiger partial charge in [0, 0.05) is 18.7 Å². The molecule has 0 aliphatic carbocycles. The van der Waals surface area contributed by atoms with E-state index in [1.165, 1.54) is 6.33 Å². The molecule has 1 aliphatic heterocycles. The third kappa shape index (κ3) is 4.39.